The molecule has 84 valence electrons. The minimum absolute atomic E-state index is 0.336. The maximum Gasteiger partial charge on any atom is 0.356 e. The lowest BCUT2D eigenvalue weighted by molar-refractivity contribution is 0.533. The van der Waals surface area contributed by atoms with Gasteiger partial charge < -0.3 is 4.42 Å². The van der Waals surface area contributed by atoms with Gasteiger partial charge in [0.1, 0.15) is 5.58 Å². The molecule has 2 aromatic rings. The second-order valence-corrected chi connectivity index (χ2v) is 5.01. The Labute approximate surface area is 91.5 Å². The van der Waals surface area contributed by atoms with E-state index in [1.807, 2.05) is 6.92 Å². The van der Waals surface area contributed by atoms with Crippen molar-refractivity contribution in [2.75, 3.05) is 0 Å². The van der Waals surface area contributed by atoms with Gasteiger partial charge in [0, 0.05) is 5.39 Å². The van der Waals surface area contributed by atoms with Gasteiger partial charge in [0.15, 0.2) is 4.90 Å². The Kier molecular flexibility index (Phi) is 2.32. The van der Waals surface area contributed by atoms with Crippen LogP contribution in [0.1, 0.15) is 5.56 Å². The van der Waals surface area contributed by atoms with Gasteiger partial charge in [-0.2, -0.15) is 0 Å². The second-order valence-electron chi connectivity index (χ2n) is 3.48. The maximum absolute atomic E-state index is 11.3. The molecule has 0 spiro atoms. The molecule has 2 rings (SSSR count). The van der Waals surface area contributed by atoms with Gasteiger partial charge in [-0.3, -0.25) is 0 Å². The molecule has 6 heteroatoms. The van der Waals surface area contributed by atoms with E-state index in [0.717, 1.165) is 5.56 Å². The van der Waals surface area contributed by atoms with Crippen molar-refractivity contribution in [2.45, 2.75) is 11.8 Å². The van der Waals surface area contributed by atoms with E-state index in [1.165, 1.54) is 6.07 Å². The van der Waals surface area contributed by atoms with Crippen LogP contribution in [0, 0.1) is 6.92 Å². The Morgan fingerprint density at radius 3 is 2.56 bits per heavy atom. The van der Waals surface area contributed by atoms with E-state index in [0.29, 0.717) is 11.0 Å². The molecule has 5 nitrogen and oxygen atoms in total. The first-order valence-corrected chi connectivity index (χ1v) is 6.00. The van der Waals surface area contributed by atoms with Crippen molar-refractivity contribution >= 4 is 21.0 Å². The van der Waals surface area contributed by atoms with Crippen molar-refractivity contribution < 1.29 is 12.8 Å². The van der Waals surface area contributed by atoms with Crippen LogP contribution < -0.4 is 10.8 Å². The third-order valence-corrected chi connectivity index (χ3v) is 3.06. The third kappa shape index (κ3) is 1.84. The van der Waals surface area contributed by atoms with Gasteiger partial charge in [-0.05, 0) is 25.1 Å². The summed E-state index contributed by atoms with van der Waals surface area (Å²) in [6, 6.07) is 6.32. The molecule has 2 N–H and O–H groups in total. The van der Waals surface area contributed by atoms with Crippen molar-refractivity contribution in [3.05, 3.63) is 40.2 Å². The molecular formula is C10H9NO4S. The first kappa shape index (κ1) is 10.8. The number of hydrogen-bond donors (Lipinski definition) is 1. The number of primary sulfonamides is 1. The number of rotatable bonds is 1. The van der Waals surface area contributed by atoms with E-state index >= 15 is 0 Å². The van der Waals surface area contributed by atoms with Gasteiger partial charge in [-0.1, -0.05) is 11.6 Å². The highest BCUT2D eigenvalue weighted by atomic mass is 32.2. The monoisotopic (exact) mass is 239 g/mol. The lowest BCUT2D eigenvalue weighted by Crippen LogP contribution is -2.20. The van der Waals surface area contributed by atoms with E-state index < -0.39 is 20.5 Å². The van der Waals surface area contributed by atoms with Crippen LogP contribution in [0.25, 0.3) is 11.0 Å². The van der Waals surface area contributed by atoms with Crippen molar-refractivity contribution in [2.24, 2.45) is 5.14 Å². The molecule has 16 heavy (non-hydrogen) atoms. The van der Waals surface area contributed by atoms with Crippen LogP contribution in [0.2, 0.25) is 0 Å². The molecule has 0 unspecified atom stereocenters. The summed E-state index contributed by atoms with van der Waals surface area (Å²) in [5.41, 5.74) is 0.323. The molecule has 1 heterocycles. The lowest BCUT2D eigenvalue weighted by atomic mass is 10.2. The molecule has 0 aliphatic carbocycles. The van der Waals surface area contributed by atoms with E-state index in [-0.39, 0.29) is 0 Å². The zero-order valence-electron chi connectivity index (χ0n) is 8.43. The summed E-state index contributed by atoms with van der Waals surface area (Å²) in [5.74, 6) is 0. The number of hydrogen-bond acceptors (Lipinski definition) is 4. The number of sulfonamides is 1. The summed E-state index contributed by atoms with van der Waals surface area (Å²) in [7, 11) is -4.04. The highest BCUT2D eigenvalue weighted by Crippen LogP contribution is 2.16. The molecule has 0 atom stereocenters. The second kappa shape index (κ2) is 3.43. The average Bonchev–Trinajstić information content (AvgIpc) is 2.16. The number of aryl methyl sites for hydroxylation is 1. The molecule has 1 aromatic heterocycles. The van der Waals surface area contributed by atoms with E-state index in [1.54, 1.807) is 18.2 Å². The summed E-state index contributed by atoms with van der Waals surface area (Å²) < 4.78 is 27.1. The standard InChI is InChI=1S/C10H9NO4S/c1-6-2-3-8-7(4-6)5-9(10(12)15-8)16(11,13)14/h2-5H,1H3,(H2,11,13,14). The van der Waals surface area contributed by atoms with Crippen LogP contribution in [0.5, 0.6) is 0 Å². The molecule has 0 aliphatic rings. The van der Waals surface area contributed by atoms with Crippen LogP contribution >= 0.6 is 0 Å². The highest BCUT2D eigenvalue weighted by molar-refractivity contribution is 7.89. The average molecular weight is 239 g/mol. The van der Waals surface area contributed by atoms with Crippen LogP contribution in [0.15, 0.2) is 38.4 Å². The molecule has 0 amide bonds. The summed E-state index contributed by atoms with van der Waals surface area (Å²) in [4.78, 5) is 10.8. The van der Waals surface area contributed by atoms with E-state index in [2.05, 4.69) is 0 Å². The largest absolute Gasteiger partial charge is 0.422 e. The van der Waals surface area contributed by atoms with Gasteiger partial charge in [-0.25, -0.2) is 18.4 Å². The first-order chi connectivity index (χ1) is 7.38. The summed E-state index contributed by atoms with van der Waals surface area (Å²) in [6.45, 7) is 1.85. The Hall–Kier alpha value is -1.66. The molecule has 1 aromatic carbocycles. The highest BCUT2D eigenvalue weighted by Gasteiger charge is 2.15. The smallest absolute Gasteiger partial charge is 0.356 e. The SMILES string of the molecule is Cc1ccc2oc(=O)c(S(N)(=O)=O)cc2c1. The summed E-state index contributed by atoms with van der Waals surface area (Å²) >= 11 is 0. The van der Waals surface area contributed by atoms with Crippen molar-refractivity contribution in [1.82, 2.24) is 0 Å². The van der Waals surface area contributed by atoms with Crippen LogP contribution in [-0.4, -0.2) is 8.42 Å². The van der Waals surface area contributed by atoms with Gasteiger partial charge in [0.2, 0.25) is 10.0 Å². The minimum atomic E-state index is -4.04. The van der Waals surface area contributed by atoms with Gasteiger partial charge >= 0.3 is 5.63 Å². The predicted octanol–water partition coefficient (Wildman–Crippen LogP) is 0.749. The first-order valence-electron chi connectivity index (χ1n) is 4.45. The molecule has 0 aliphatic heterocycles. The van der Waals surface area contributed by atoms with Crippen LogP contribution in [0.3, 0.4) is 0 Å². The fourth-order valence-corrected chi connectivity index (χ4v) is 1.99. The number of benzene rings is 1. The van der Waals surface area contributed by atoms with Gasteiger partial charge in [0.05, 0.1) is 0 Å². The Balaban J connectivity index is 2.90. The predicted molar refractivity (Wildman–Crippen MR) is 58.6 cm³/mol. The molecule has 0 fully saturated rings. The molecule has 0 saturated carbocycles. The Bertz CT molecular complexity index is 715. The van der Waals surface area contributed by atoms with Gasteiger partial charge in [0.25, 0.3) is 0 Å². The zero-order valence-corrected chi connectivity index (χ0v) is 9.24. The summed E-state index contributed by atoms with van der Waals surface area (Å²) in [6.07, 6.45) is 0. The van der Waals surface area contributed by atoms with Crippen molar-refractivity contribution in [1.29, 1.82) is 0 Å². The topological polar surface area (TPSA) is 90.4 Å². The minimum Gasteiger partial charge on any atom is -0.422 e. The quantitative estimate of drug-likeness (QED) is 0.743. The molecule has 0 saturated heterocycles. The Morgan fingerprint density at radius 2 is 1.94 bits per heavy atom. The Morgan fingerprint density at radius 1 is 1.25 bits per heavy atom. The van der Waals surface area contributed by atoms with Crippen LogP contribution in [-0.2, 0) is 10.0 Å². The normalized spacial score (nSPS) is 11.9. The van der Waals surface area contributed by atoms with E-state index in [9.17, 15) is 13.2 Å². The molecule has 0 radical (unpaired) electrons. The van der Waals surface area contributed by atoms with Crippen molar-refractivity contribution in [3.63, 3.8) is 0 Å². The summed E-state index contributed by atoms with van der Waals surface area (Å²) in [5, 5.41) is 5.43. The van der Waals surface area contributed by atoms with E-state index in [4.69, 9.17) is 9.56 Å². The van der Waals surface area contributed by atoms with Crippen molar-refractivity contribution in [3.8, 4) is 0 Å². The maximum atomic E-state index is 11.3. The molecule has 0 bridgehead atoms. The number of nitrogens with two attached hydrogens (primary N) is 1. The third-order valence-electron chi connectivity index (χ3n) is 2.16. The fraction of sp³-hybridized carbons (Fsp3) is 0.100. The zero-order chi connectivity index (χ0) is 11.9. The fourth-order valence-electron chi connectivity index (χ4n) is 1.42. The molecular weight excluding hydrogens is 230 g/mol. The number of fused-ring (bicyclic) bond motifs is 1. The van der Waals surface area contributed by atoms with Gasteiger partial charge in [-0.15, -0.1) is 0 Å². The van der Waals surface area contributed by atoms with Crippen LogP contribution in [0.4, 0.5) is 0 Å². The lowest BCUT2D eigenvalue weighted by Gasteiger charge is -2.00.